The number of hydrogen-bond acceptors (Lipinski definition) is 3. The van der Waals surface area contributed by atoms with Crippen LogP contribution in [0.2, 0.25) is 0 Å². The Balaban J connectivity index is 1.68. The maximum Gasteiger partial charge on any atom is 0.0817 e. The quantitative estimate of drug-likeness (QED) is 0.292. The number of hydrogen-bond donors (Lipinski definition) is 0. The third-order valence-corrected chi connectivity index (χ3v) is 7.76. The molecule has 0 N–H and O–H groups in total. The van der Waals surface area contributed by atoms with Gasteiger partial charge in [-0.2, -0.15) is 0 Å². The molecule has 0 spiro atoms. The Morgan fingerprint density at radius 1 is 0.828 bits per heavy atom. The zero-order valence-corrected chi connectivity index (χ0v) is 18.3. The van der Waals surface area contributed by atoms with Crippen molar-refractivity contribution in [3.8, 4) is 21.6 Å². The van der Waals surface area contributed by atoms with Crippen LogP contribution >= 0.6 is 23.1 Å². The van der Waals surface area contributed by atoms with Gasteiger partial charge in [0.1, 0.15) is 0 Å². The van der Waals surface area contributed by atoms with Crippen molar-refractivity contribution < 1.29 is 4.74 Å². The molecular weight excluding hydrogens is 392 g/mol. The van der Waals surface area contributed by atoms with E-state index in [2.05, 4.69) is 87.5 Å². The minimum absolute atomic E-state index is 0.205. The van der Waals surface area contributed by atoms with Crippen LogP contribution in [0.4, 0.5) is 0 Å². The van der Waals surface area contributed by atoms with Crippen LogP contribution in [0.15, 0.2) is 76.5 Å². The third-order valence-electron chi connectivity index (χ3n) is 5.48. The van der Waals surface area contributed by atoms with Gasteiger partial charge in [0, 0.05) is 30.7 Å². The van der Waals surface area contributed by atoms with E-state index in [1.54, 1.807) is 0 Å². The van der Waals surface area contributed by atoms with Gasteiger partial charge in [0.2, 0.25) is 0 Å². The fourth-order valence-electron chi connectivity index (χ4n) is 3.63. The van der Waals surface area contributed by atoms with Crippen molar-refractivity contribution in [1.82, 2.24) is 0 Å². The lowest BCUT2D eigenvalue weighted by Crippen LogP contribution is -2.22. The summed E-state index contributed by atoms with van der Waals surface area (Å²) < 4.78 is 6.16. The van der Waals surface area contributed by atoms with Gasteiger partial charge < -0.3 is 4.74 Å². The van der Waals surface area contributed by atoms with E-state index >= 15 is 0 Å². The van der Waals surface area contributed by atoms with E-state index < -0.39 is 0 Å². The van der Waals surface area contributed by atoms with Crippen LogP contribution in [0.5, 0.6) is 0 Å². The molecule has 0 bridgehead atoms. The van der Waals surface area contributed by atoms with E-state index in [9.17, 15) is 0 Å². The summed E-state index contributed by atoms with van der Waals surface area (Å²) in [6, 6.07) is 24.4. The van der Waals surface area contributed by atoms with Crippen LogP contribution in [-0.2, 0) is 11.3 Å². The zero-order chi connectivity index (χ0) is 20.0. The van der Waals surface area contributed by atoms with Gasteiger partial charge in [-0.1, -0.05) is 61.2 Å². The molecule has 1 aliphatic heterocycles. The van der Waals surface area contributed by atoms with Crippen LogP contribution in [0.3, 0.4) is 0 Å². The van der Waals surface area contributed by atoms with Crippen molar-refractivity contribution in [2.45, 2.75) is 42.3 Å². The molecule has 2 heterocycles. The summed E-state index contributed by atoms with van der Waals surface area (Å²) in [5.41, 5.74) is 3.75. The first-order valence-corrected chi connectivity index (χ1v) is 11.5. The Labute approximate surface area is 180 Å². The Morgan fingerprint density at radius 2 is 1.55 bits per heavy atom. The van der Waals surface area contributed by atoms with Crippen molar-refractivity contribution in [2.24, 2.45) is 0 Å². The smallest absolute Gasteiger partial charge is 0.0817 e. The van der Waals surface area contributed by atoms with Crippen LogP contribution in [0, 0.1) is 6.92 Å². The molecule has 3 heteroatoms. The largest absolute Gasteiger partial charge is 0.370 e. The first kappa shape index (κ1) is 18.9. The number of ether oxygens (including phenoxy) is 1. The van der Waals surface area contributed by atoms with Gasteiger partial charge in [-0.3, -0.25) is 0 Å². The number of rotatable bonds is 4. The van der Waals surface area contributed by atoms with Crippen molar-refractivity contribution in [3.63, 3.8) is 0 Å². The Hall–Kier alpha value is -2.07. The highest BCUT2D eigenvalue weighted by Crippen LogP contribution is 2.52. The molecule has 1 aromatic heterocycles. The molecule has 0 saturated carbocycles. The fourth-order valence-corrected chi connectivity index (χ4v) is 5.94. The molecule has 1 radical (unpaired) electrons. The maximum absolute atomic E-state index is 6.16. The molecule has 4 aromatic rings. The average molecular weight is 416 g/mol. The number of fused-ring (bicyclic) bond motifs is 6. The molecule has 1 nitrogen and oxygen atoms in total. The molecule has 0 amide bonds. The lowest BCUT2D eigenvalue weighted by atomic mass is 10.00. The molecular formula is C26H23OS2. The molecule has 0 saturated heterocycles. The van der Waals surface area contributed by atoms with Crippen LogP contribution in [0.25, 0.3) is 32.3 Å². The average Bonchev–Trinajstić information content (AvgIpc) is 3.11. The normalized spacial score (nSPS) is 12.9. The Bertz CT molecular complexity index is 1200. The van der Waals surface area contributed by atoms with E-state index in [0.717, 1.165) is 6.42 Å². The summed E-state index contributed by atoms with van der Waals surface area (Å²) in [4.78, 5) is 5.24. The summed E-state index contributed by atoms with van der Waals surface area (Å²) in [5, 5.41) is 2.57. The lowest BCUT2D eigenvalue weighted by Gasteiger charge is -2.22. The summed E-state index contributed by atoms with van der Waals surface area (Å²) in [7, 11) is 0. The van der Waals surface area contributed by atoms with Gasteiger partial charge in [-0.05, 0) is 60.9 Å². The number of thiophene rings is 1. The topological polar surface area (TPSA) is 9.23 Å². The molecule has 0 fully saturated rings. The highest BCUT2D eigenvalue weighted by atomic mass is 32.2. The van der Waals surface area contributed by atoms with Crippen molar-refractivity contribution in [3.05, 3.63) is 78.5 Å². The Morgan fingerprint density at radius 3 is 2.34 bits per heavy atom. The standard InChI is InChI=1S/C26H23OS2/c1-4-26(2,3)27-16-19-15-21-20-11-7-8-12-23(20)29-24-14-18-10-6-5-9-17(18)13-22(24)25(21)28-19/h5-15H,1,4,16H2,2-3H3. The predicted molar refractivity (Wildman–Crippen MR) is 126 cm³/mol. The Kier molecular flexibility index (Phi) is 4.78. The minimum Gasteiger partial charge on any atom is -0.370 e. The summed E-state index contributed by atoms with van der Waals surface area (Å²) >= 11 is 3.73. The molecule has 0 aliphatic carbocycles. The van der Waals surface area contributed by atoms with Gasteiger partial charge in [-0.25, -0.2) is 0 Å². The second-order valence-corrected chi connectivity index (χ2v) is 10.3. The van der Waals surface area contributed by atoms with Crippen molar-refractivity contribution >= 4 is 33.9 Å². The summed E-state index contributed by atoms with van der Waals surface area (Å²) in [6.45, 7) is 8.84. The molecule has 145 valence electrons. The number of benzene rings is 3. The highest BCUT2D eigenvalue weighted by molar-refractivity contribution is 7.99. The van der Waals surface area contributed by atoms with E-state index in [4.69, 9.17) is 4.74 Å². The SMILES string of the molecule is [CH2]CC(C)(C)OCc1cc2c(s1)-c1cc3ccccc3cc1Sc1ccccc1-2. The maximum atomic E-state index is 6.16. The van der Waals surface area contributed by atoms with Gasteiger partial charge in [-0.15, -0.1) is 11.3 Å². The van der Waals surface area contributed by atoms with Crippen LogP contribution in [0.1, 0.15) is 25.1 Å². The minimum atomic E-state index is -0.205. The second kappa shape index (κ2) is 7.32. The summed E-state index contributed by atoms with van der Waals surface area (Å²) in [6.07, 6.45) is 0.756. The van der Waals surface area contributed by atoms with Crippen molar-refractivity contribution in [2.75, 3.05) is 0 Å². The third kappa shape index (κ3) is 3.52. The first-order valence-electron chi connectivity index (χ1n) is 9.90. The van der Waals surface area contributed by atoms with Gasteiger partial charge in [0.25, 0.3) is 0 Å². The molecule has 0 atom stereocenters. The van der Waals surface area contributed by atoms with Crippen LogP contribution < -0.4 is 0 Å². The van der Waals surface area contributed by atoms with Crippen molar-refractivity contribution in [1.29, 1.82) is 0 Å². The fraction of sp³-hybridized carbons (Fsp3) is 0.192. The van der Waals surface area contributed by atoms with E-state index in [-0.39, 0.29) is 5.60 Å². The van der Waals surface area contributed by atoms with Gasteiger partial charge in [0.05, 0.1) is 12.2 Å². The summed E-state index contributed by atoms with van der Waals surface area (Å²) in [5.74, 6) is 0. The first-order chi connectivity index (χ1) is 14.0. The van der Waals surface area contributed by atoms with E-state index in [1.807, 2.05) is 23.1 Å². The molecule has 29 heavy (non-hydrogen) atoms. The second-order valence-electron chi connectivity index (χ2n) is 8.05. The highest BCUT2D eigenvalue weighted by Gasteiger charge is 2.24. The zero-order valence-electron chi connectivity index (χ0n) is 16.7. The van der Waals surface area contributed by atoms with Gasteiger partial charge in [0.15, 0.2) is 0 Å². The van der Waals surface area contributed by atoms with Gasteiger partial charge >= 0.3 is 0 Å². The van der Waals surface area contributed by atoms with E-state index in [0.29, 0.717) is 6.61 Å². The van der Waals surface area contributed by atoms with Crippen LogP contribution in [-0.4, -0.2) is 5.60 Å². The van der Waals surface area contributed by atoms with E-state index in [1.165, 1.54) is 47.0 Å². The predicted octanol–water partition coefficient (Wildman–Crippen LogP) is 8.22. The molecule has 3 aromatic carbocycles. The molecule has 0 unspecified atom stereocenters. The molecule has 5 rings (SSSR count). The molecule has 1 aliphatic rings. The lowest BCUT2D eigenvalue weighted by molar-refractivity contribution is -0.0260. The monoisotopic (exact) mass is 415 g/mol.